The molecule has 2 aliphatic rings. The third kappa shape index (κ3) is 3.69. The highest BCUT2D eigenvalue weighted by Crippen LogP contribution is 2.43. The van der Waals surface area contributed by atoms with Gasteiger partial charge in [0, 0.05) is 55.6 Å². The first-order chi connectivity index (χ1) is 16.2. The summed E-state index contributed by atoms with van der Waals surface area (Å²) in [4.78, 5) is 12.9. The van der Waals surface area contributed by atoms with E-state index in [9.17, 15) is 0 Å². The lowest BCUT2D eigenvalue weighted by atomic mass is 9.97. The van der Waals surface area contributed by atoms with Gasteiger partial charge in [0.2, 0.25) is 0 Å². The zero-order valence-corrected chi connectivity index (χ0v) is 19.3. The predicted molar refractivity (Wildman–Crippen MR) is 136 cm³/mol. The van der Waals surface area contributed by atoms with E-state index >= 15 is 0 Å². The first-order valence-electron chi connectivity index (χ1n) is 11.4. The van der Waals surface area contributed by atoms with Gasteiger partial charge in [-0.1, -0.05) is 29.8 Å². The van der Waals surface area contributed by atoms with Crippen LogP contribution in [-0.2, 0) is 0 Å². The van der Waals surface area contributed by atoms with E-state index in [2.05, 4.69) is 68.5 Å². The van der Waals surface area contributed by atoms with Crippen LogP contribution in [0.15, 0.2) is 54.7 Å². The number of fused-ring (bicyclic) bond motifs is 2. The smallest absolute Gasteiger partial charge is 0.142 e. The van der Waals surface area contributed by atoms with Gasteiger partial charge in [0.15, 0.2) is 0 Å². The molecule has 2 aliphatic heterocycles. The molecule has 4 heterocycles. The number of halogens is 1. The van der Waals surface area contributed by atoms with E-state index in [-0.39, 0.29) is 0 Å². The molecule has 0 aliphatic carbocycles. The normalized spacial score (nSPS) is 16.4. The lowest BCUT2D eigenvalue weighted by Crippen LogP contribution is -2.44. The second-order valence-electron chi connectivity index (χ2n) is 8.71. The van der Waals surface area contributed by atoms with Crippen LogP contribution in [0.25, 0.3) is 33.4 Å². The molecular formula is C26H26ClN5O. The van der Waals surface area contributed by atoms with E-state index in [1.54, 1.807) is 6.20 Å². The van der Waals surface area contributed by atoms with Crippen molar-refractivity contribution in [3.8, 4) is 28.1 Å². The molecule has 7 heteroatoms. The molecule has 4 aromatic rings. The second kappa shape index (κ2) is 8.28. The van der Waals surface area contributed by atoms with Crippen LogP contribution < -0.4 is 15.0 Å². The number of anilines is 2. The van der Waals surface area contributed by atoms with Crippen molar-refractivity contribution >= 4 is 34.0 Å². The quantitative estimate of drug-likeness (QED) is 0.446. The zero-order chi connectivity index (χ0) is 22.4. The van der Waals surface area contributed by atoms with E-state index in [0.717, 1.165) is 77.6 Å². The topological polar surface area (TPSA) is 56.4 Å². The van der Waals surface area contributed by atoms with Gasteiger partial charge in [0.1, 0.15) is 18.0 Å². The lowest BCUT2D eigenvalue weighted by molar-refractivity contribution is 0.313. The first-order valence-corrected chi connectivity index (χ1v) is 11.8. The van der Waals surface area contributed by atoms with Gasteiger partial charge in [-0.2, -0.15) is 0 Å². The molecule has 1 fully saturated rings. The Morgan fingerprint density at radius 2 is 1.76 bits per heavy atom. The minimum absolute atomic E-state index is 0.681. The Balaban J connectivity index is 1.45. The van der Waals surface area contributed by atoms with Crippen LogP contribution in [0.2, 0.25) is 5.02 Å². The summed E-state index contributed by atoms with van der Waals surface area (Å²) in [6.45, 7) is 5.77. The molecule has 0 saturated carbocycles. The molecule has 6 nitrogen and oxygen atoms in total. The van der Waals surface area contributed by atoms with Crippen LogP contribution in [-0.4, -0.2) is 61.2 Å². The highest BCUT2D eigenvalue weighted by Gasteiger charge is 2.21. The molecule has 168 valence electrons. The number of nitrogens with zero attached hydrogens (tertiary/aromatic N) is 3. The molecule has 6 rings (SSSR count). The minimum Gasteiger partial charge on any atom is -0.490 e. The van der Waals surface area contributed by atoms with Gasteiger partial charge in [-0.05, 0) is 48.5 Å². The van der Waals surface area contributed by atoms with Crippen LogP contribution in [0.5, 0.6) is 5.75 Å². The zero-order valence-electron chi connectivity index (χ0n) is 18.6. The van der Waals surface area contributed by atoms with Crippen molar-refractivity contribution in [2.45, 2.75) is 0 Å². The Morgan fingerprint density at radius 3 is 2.58 bits per heavy atom. The number of hydrogen-bond acceptors (Lipinski definition) is 5. The molecular weight excluding hydrogens is 434 g/mol. The van der Waals surface area contributed by atoms with Crippen molar-refractivity contribution in [3.63, 3.8) is 0 Å². The maximum atomic E-state index is 6.68. The predicted octanol–water partition coefficient (Wildman–Crippen LogP) is 5.11. The number of benzene rings is 2. The van der Waals surface area contributed by atoms with E-state index < -0.39 is 0 Å². The average Bonchev–Trinajstić information content (AvgIpc) is 3.25. The number of rotatable bonds is 3. The van der Waals surface area contributed by atoms with Crippen LogP contribution in [0, 0.1) is 0 Å². The molecule has 0 unspecified atom stereocenters. The number of aromatic nitrogens is 2. The Hall–Kier alpha value is -3.22. The van der Waals surface area contributed by atoms with Crippen LogP contribution in [0.4, 0.5) is 11.4 Å². The first kappa shape index (κ1) is 20.4. The molecule has 0 bridgehead atoms. The molecule has 0 amide bonds. The van der Waals surface area contributed by atoms with Gasteiger partial charge in [-0.3, -0.25) is 0 Å². The molecule has 2 N–H and O–H groups in total. The molecule has 0 atom stereocenters. The summed E-state index contributed by atoms with van der Waals surface area (Å²) in [5.74, 6) is 0.882. The van der Waals surface area contributed by atoms with E-state index in [0.29, 0.717) is 11.6 Å². The fourth-order valence-corrected chi connectivity index (χ4v) is 5.02. The van der Waals surface area contributed by atoms with Gasteiger partial charge in [-0.15, -0.1) is 0 Å². The summed E-state index contributed by atoms with van der Waals surface area (Å²) < 4.78 is 5.78. The lowest BCUT2D eigenvalue weighted by Gasteiger charge is -2.34. The molecule has 0 spiro atoms. The van der Waals surface area contributed by atoms with E-state index in [1.165, 1.54) is 5.69 Å². The summed E-state index contributed by atoms with van der Waals surface area (Å²) in [5, 5.41) is 5.07. The number of likely N-dealkylation sites (N-methyl/N-ethyl adjacent to an activating group) is 1. The number of H-pyrrole nitrogens is 1. The number of aromatic amines is 1. The van der Waals surface area contributed by atoms with Gasteiger partial charge in [-0.25, -0.2) is 4.98 Å². The highest BCUT2D eigenvalue weighted by molar-refractivity contribution is 6.36. The Kier molecular flexibility index (Phi) is 5.12. The SMILES string of the molecule is CN1CCN(c2ccc(-c3[nH]c4nccc(Cl)c4c3-c3ccc4c(c3)NCCO4)cc2)CC1. The molecule has 2 aromatic heterocycles. The summed E-state index contributed by atoms with van der Waals surface area (Å²) in [6, 6.07) is 16.9. The number of ether oxygens (including phenoxy) is 1. The molecule has 2 aromatic carbocycles. The van der Waals surface area contributed by atoms with E-state index in [1.807, 2.05) is 12.1 Å². The highest BCUT2D eigenvalue weighted by atomic mass is 35.5. The Labute approximate surface area is 198 Å². The van der Waals surface area contributed by atoms with Gasteiger partial charge in [0.05, 0.1) is 16.4 Å². The number of hydrogen-bond donors (Lipinski definition) is 2. The van der Waals surface area contributed by atoms with Crippen molar-refractivity contribution in [3.05, 3.63) is 59.8 Å². The summed E-state index contributed by atoms with van der Waals surface area (Å²) in [6.07, 6.45) is 1.74. The second-order valence-corrected chi connectivity index (χ2v) is 9.12. The minimum atomic E-state index is 0.681. The third-order valence-electron chi connectivity index (χ3n) is 6.61. The van der Waals surface area contributed by atoms with Crippen molar-refractivity contribution in [2.24, 2.45) is 0 Å². The van der Waals surface area contributed by atoms with Gasteiger partial charge >= 0.3 is 0 Å². The van der Waals surface area contributed by atoms with Crippen molar-refractivity contribution in [2.75, 3.05) is 56.6 Å². The van der Waals surface area contributed by atoms with Gasteiger partial charge in [0.25, 0.3) is 0 Å². The van der Waals surface area contributed by atoms with Crippen molar-refractivity contribution in [1.82, 2.24) is 14.9 Å². The largest absolute Gasteiger partial charge is 0.490 e. The summed E-state index contributed by atoms with van der Waals surface area (Å²) >= 11 is 6.68. The molecule has 0 radical (unpaired) electrons. The summed E-state index contributed by atoms with van der Waals surface area (Å²) in [5.41, 5.74) is 7.32. The average molecular weight is 460 g/mol. The monoisotopic (exact) mass is 459 g/mol. The Morgan fingerprint density at radius 1 is 0.970 bits per heavy atom. The van der Waals surface area contributed by atoms with Gasteiger partial charge < -0.3 is 24.8 Å². The molecule has 1 saturated heterocycles. The maximum Gasteiger partial charge on any atom is 0.142 e. The fourth-order valence-electron chi connectivity index (χ4n) is 4.78. The van der Waals surface area contributed by atoms with E-state index in [4.69, 9.17) is 16.3 Å². The number of pyridine rings is 1. The van der Waals surface area contributed by atoms with Crippen molar-refractivity contribution in [1.29, 1.82) is 0 Å². The fraction of sp³-hybridized carbons (Fsp3) is 0.269. The maximum absolute atomic E-state index is 6.68. The Bertz CT molecular complexity index is 1310. The third-order valence-corrected chi connectivity index (χ3v) is 6.93. The van der Waals surface area contributed by atoms with Crippen LogP contribution >= 0.6 is 11.6 Å². The molecule has 33 heavy (non-hydrogen) atoms. The standard InChI is InChI=1S/C26H26ClN5O/c1-31-11-13-32(14-12-31)19-5-2-17(3-6-19)25-23(24-20(27)8-9-29-26(24)30-25)18-4-7-22-21(16-18)28-10-15-33-22/h2-9,16,28H,10-15H2,1H3,(H,29,30). The van der Waals surface area contributed by atoms with Crippen LogP contribution in [0.1, 0.15) is 0 Å². The number of piperazine rings is 1. The van der Waals surface area contributed by atoms with Crippen LogP contribution in [0.3, 0.4) is 0 Å². The number of nitrogens with one attached hydrogen (secondary N) is 2. The summed E-state index contributed by atoms with van der Waals surface area (Å²) in [7, 11) is 2.18. The van der Waals surface area contributed by atoms with Crippen molar-refractivity contribution < 1.29 is 4.74 Å².